The molecule has 1 fully saturated rings. The molecule has 1 aromatic rings. The maximum atomic E-state index is 12.3. The molecular formula is C17H19ClO7. The van der Waals surface area contributed by atoms with Crippen molar-refractivity contribution in [2.75, 3.05) is 13.2 Å². The molecule has 0 unspecified atom stereocenters. The highest BCUT2D eigenvalue weighted by atomic mass is 35.5. The predicted octanol–water partition coefficient (Wildman–Crippen LogP) is 3.35. The van der Waals surface area contributed by atoms with Crippen molar-refractivity contribution >= 4 is 29.0 Å². The molecule has 0 aliphatic carbocycles. The number of hydrogen-bond donors (Lipinski definition) is 0. The van der Waals surface area contributed by atoms with Gasteiger partial charge in [-0.05, 0) is 37.1 Å². The van der Waals surface area contributed by atoms with Crippen LogP contribution in [0.2, 0.25) is 0 Å². The van der Waals surface area contributed by atoms with Crippen LogP contribution < -0.4 is 4.74 Å². The summed E-state index contributed by atoms with van der Waals surface area (Å²) in [7, 11) is 0. The van der Waals surface area contributed by atoms with Gasteiger partial charge >= 0.3 is 17.4 Å². The Labute approximate surface area is 150 Å². The first-order valence-electron chi connectivity index (χ1n) is 7.90. The van der Waals surface area contributed by atoms with Crippen molar-refractivity contribution in [1.29, 1.82) is 0 Å². The van der Waals surface area contributed by atoms with Crippen LogP contribution in [-0.2, 0) is 23.8 Å². The van der Waals surface area contributed by atoms with Crippen LogP contribution in [0.3, 0.4) is 0 Å². The summed E-state index contributed by atoms with van der Waals surface area (Å²) in [5.41, 5.74) is -1.60. The molecule has 1 saturated heterocycles. The molecule has 0 bridgehead atoms. The van der Waals surface area contributed by atoms with Crippen molar-refractivity contribution in [3.05, 3.63) is 29.8 Å². The van der Waals surface area contributed by atoms with Crippen LogP contribution in [0.4, 0.5) is 4.79 Å². The van der Waals surface area contributed by atoms with E-state index >= 15 is 0 Å². The van der Waals surface area contributed by atoms with Crippen LogP contribution in [0.5, 0.6) is 5.75 Å². The summed E-state index contributed by atoms with van der Waals surface area (Å²) >= 11 is 5.03. The fraction of sp³-hybridized carbons (Fsp3) is 0.471. The van der Waals surface area contributed by atoms with Crippen molar-refractivity contribution in [3.63, 3.8) is 0 Å². The van der Waals surface area contributed by atoms with E-state index in [1.807, 2.05) is 0 Å². The molecule has 25 heavy (non-hydrogen) atoms. The number of esters is 2. The Bertz CT molecular complexity index is 617. The van der Waals surface area contributed by atoms with Crippen LogP contribution >= 0.6 is 11.6 Å². The summed E-state index contributed by atoms with van der Waals surface area (Å²) in [6.07, 6.45) is -0.418. The molecule has 7 nitrogen and oxygen atoms in total. The Balaban J connectivity index is 1.98. The lowest BCUT2D eigenvalue weighted by Gasteiger charge is -2.35. The molecule has 0 aromatic heterocycles. The van der Waals surface area contributed by atoms with E-state index in [2.05, 4.69) is 4.74 Å². The largest absolute Gasteiger partial charge is 0.490 e. The van der Waals surface area contributed by atoms with Gasteiger partial charge in [-0.15, -0.1) is 0 Å². The summed E-state index contributed by atoms with van der Waals surface area (Å²) in [5.74, 6) is -0.622. The van der Waals surface area contributed by atoms with Gasteiger partial charge in [0.15, 0.2) is 5.41 Å². The number of ether oxygens (including phenoxy) is 4. The molecule has 0 amide bonds. The average Bonchev–Trinajstić information content (AvgIpc) is 2.59. The standard InChI is InChI=1S/C17H19ClO7/c1-3-17(4-2)14(19)24-13(25-15(17)20)11-5-7-12(8-6-11)22-9-10-23-16(18)21/h5-8,13H,3-4,9-10H2,1-2H3. The van der Waals surface area contributed by atoms with Gasteiger partial charge < -0.3 is 18.9 Å². The van der Waals surface area contributed by atoms with Gasteiger partial charge in [0, 0.05) is 17.2 Å². The molecular weight excluding hydrogens is 352 g/mol. The third-order valence-electron chi connectivity index (χ3n) is 4.14. The van der Waals surface area contributed by atoms with Gasteiger partial charge in [-0.3, -0.25) is 9.59 Å². The summed E-state index contributed by atoms with van der Waals surface area (Å²) in [5, 5.41) is 0. The van der Waals surface area contributed by atoms with E-state index in [1.54, 1.807) is 38.1 Å². The third kappa shape index (κ3) is 4.22. The molecule has 1 aliphatic heterocycles. The third-order valence-corrected chi connectivity index (χ3v) is 4.25. The fourth-order valence-electron chi connectivity index (χ4n) is 2.49. The zero-order chi connectivity index (χ0) is 18.4. The Hall–Kier alpha value is -2.28. The van der Waals surface area contributed by atoms with E-state index < -0.39 is 29.1 Å². The Kier molecular flexibility index (Phi) is 6.25. The normalized spacial score (nSPS) is 16.8. The van der Waals surface area contributed by atoms with Gasteiger partial charge in [0.25, 0.3) is 6.29 Å². The fourth-order valence-corrected chi connectivity index (χ4v) is 2.57. The lowest BCUT2D eigenvalue weighted by Crippen LogP contribution is -2.46. The van der Waals surface area contributed by atoms with Crippen molar-refractivity contribution in [3.8, 4) is 5.75 Å². The second-order valence-electron chi connectivity index (χ2n) is 5.44. The summed E-state index contributed by atoms with van der Waals surface area (Å²) in [6.45, 7) is 3.67. The molecule has 8 heteroatoms. The Morgan fingerprint density at radius 2 is 1.64 bits per heavy atom. The van der Waals surface area contributed by atoms with Crippen molar-refractivity contribution in [2.45, 2.75) is 33.0 Å². The maximum absolute atomic E-state index is 12.3. The number of carbonyl (C=O) groups is 3. The number of rotatable bonds is 7. The lowest BCUT2D eigenvalue weighted by molar-refractivity contribution is -0.226. The molecule has 136 valence electrons. The molecule has 1 aliphatic rings. The van der Waals surface area contributed by atoms with Gasteiger partial charge in [0.05, 0.1) is 0 Å². The molecule has 0 radical (unpaired) electrons. The first-order chi connectivity index (χ1) is 11.9. The maximum Gasteiger partial charge on any atom is 0.403 e. The molecule has 0 spiro atoms. The highest BCUT2D eigenvalue weighted by Crippen LogP contribution is 2.39. The topological polar surface area (TPSA) is 88.1 Å². The minimum Gasteiger partial charge on any atom is -0.490 e. The monoisotopic (exact) mass is 370 g/mol. The van der Waals surface area contributed by atoms with Crippen molar-refractivity contribution in [2.24, 2.45) is 5.41 Å². The van der Waals surface area contributed by atoms with Crippen molar-refractivity contribution in [1.82, 2.24) is 0 Å². The number of halogens is 1. The number of carbonyl (C=O) groups excluding carboxylic acids is 3. The van der Waals surface area contributed by atoms with Gasteiger partial charge in [0.1, 0.15) is 19.0 Å². The van der Waals surface area contributed by atoms with Crippen LogP contribution in [0.15, 0.2) is 24.3 Å². The zero-order valence-corrected chi connectivity index (χ0v) is 14.7. The first kappa shape index (κ1) is 19.1. The highest BCUT2D eigenvalue weighted by molar-refractivity contribution is 6.61. The molecule has 1 aromatic carbocycles. The number of benzene rings is 1. The average molecular weight is 371 g/mol. The number of hydrogen-bond acceptors (Lipinski definition) is 7. The SMILES string of the molecule is CCC1(CC)C(=O)OC(c2ccc(OCCOC(=O)Cl)cc2)OC1=O. The first-order valence-corrected chi connectivity index (χ1v) is 8.28. The predicted molar refractivity (Wildman–Crippen MR) is 87.1 cm³/mol. The van der Waals surface area contributed by atoms with E-state index in [0.29, 0.717) is 24.2 Å². The van der Waals surface area contributed by atoms with Crippen LogP contribution in [0.25, 0.3) is 0 Å². The van der Waals surface area contributed by atoms with Crippen LogP contribution in [0, 0.1) is 5.41 Å². The van der Waals surface area contributed by atoms with E-state index in [0.717, 1.165) is 0 Å². The second-order valence-corrected chi connectivity index (χ2v) is 5.74. The molecule has 1 heterocycles. The number of cyclic esters (lactones) is 2. The van der Waals surface area contributed by atoms with E-state index in [1.165, 1.54) is 0 Å². The molecule has 0 N–H and O–H groups in total. The van der Waals surface area contributed by atoms with E-state index in [9.17, 15) is 14.4 Å². The van der Waals surface area contributed by atoms with Crippen LogP contribution in [0.1, 0.15) is 38.5 Å². The molecule has 2 rings (SSSR count). The van der Waals surface area contributed by atoms with Crippen LogP contribution in [-0.4, -0.2) is 30.6 Å². The smallest absolute Gasteiger partial charge is 0.403 e. The minimum atomic E-state index is -1.22. The zero-order valence-electron chi connectivity index (χ0n) is 14.0. The minimum absolute atomic E-state index is 0.0258. The molecule has 0 saturated carbocycles. The van der Waals surface area contributed by atoms with E-state index in [4.69, 9.17) is 25.8 Å². The summed E-state index contributed by atoms with van der Waals surface area (Å²) in [6, 6.07) is 6.50. The summed E-state index contributed by atoms with van der Waals surface area (Å²) < 4.78 is 20.5. The van der Waals surface area contributed by atoms with Gasteiger partial charge in [-0.2, -0.15) is 0 Å². The van der Waals surface area contributed by atoms with Gasteiger partial charge in [0.2, 0.25) is 0 Å². The van der Waals surface area contributed by atoms with Crippen molar-refractivity contribution < 1.29 is 33.3 Å². The second kappa shape index (κ2) is 8.20. The lowest BCUT2D eigenvalue weighted by atomic mass is 9.82. The Morgan fingerprint density at radius 3 is 2.12 bits per heavy atom. The van der Waals surface area contributed by atoms with Gasteiger partial charge in [-0.25, -0.2) is 4.79 Å². The summed E-state index contributed by atoms with van der Waals surface area (Å²) in [4.78, 5) is 35.0. The highest BCUT2D eigenvalue weighted by Gasteiger charge is 2.51. The van der Waals surface area contributed by atoms with E-state index in [-0.39, 0.29) is 13.2 Å². The Morgan fingerprint density at radius 1 is 1.08 bits per heavy atom. The van der Waals surface area contributed by atoms with Gasteiger partial charge in [-0.1, -0.05) is 13.8 Å². The quantitative estimate of drug-likeness (QED) is 0.315. The molecule has 0 atom stereocenters.